The predicted octanol–water partition coefficient (Wildman–Crippen LogP) is 5.72. The third kappa shape index (κ3) is 3.51. The van der Waals surface area contributed by atoms with E-state index in [1.807, 2.05) is 0 Å². The van der Waals surface area contributed by atoms with Gasteiger partial charge >= 0.3 is 0 Å². The minimum atomic E-state index is 1.03. The Morgan fingerprint density at radius 2 is 1.00 bits per heavy atom. The van der Waals surface area contributed by atoms with E-state index in [9.17, 15) is 0 Å². The number of benzene rings is 2. The molecule has 0 aliphatic rings. The van der Waals surface area contributed by atoms with Crippen LogP contribution >= 0.6 is 45.2 Å². The van der Waals surface area contributed by atoms with E-state index in [1.165, 1.54) is 40.5 Å². The van der Waals surface area contributed by atoms with Crippen LogP contribution in [0.4, 0.5) is 0 Å². The molecule has 0 nitrogen and oxygen atoms in total. The van der Waals surface area contributed by atoms with Gasteiger partial charge in [0.2, 0.25) is 0 Å². The maximum Gasteiger partial charge on any atom is 0.0162 e. The van der Waals surface area contributed by atoms with E-state index in [0.29, 0.717) is 0 Å². The fourth-order valence-corrected chi connectivity index (χ4v) is 3.51. The van der Waals surface area contributed by atoms with Crippen molar-refractivity contribution in [2.75, 3.05) is 0 Å². The average molecular weight is 476 g/mol. The molecule has 0 spiro atoms. The summed E-state index contributed by atoms with van der Waals surface area (Å²) in [4.78, 5) is 0. The van der Waals surface area contributed by atoms with Crippen LogP contribution in [-0.2, 0) is 6.42 Å². The van der Waals surface area contributed by atoms with Gasteiger partial charge in [-0.25, -0.2) is 0 Å². The van der Waals surface area contributed by atoms with Gasteiger partial charge in [-0.3, -0.25) is 0 Å². The van der Waals surface area contributed by atoms with Crippen LogP contribution in [0.25, 0.3) is 0 Å². The number of aryl methyl sites for hydroxylation is 4. The molecule has 0 saturated heterocycles. The summed E-state index contributed by atoms with van der Waals surface area (Å²) in [6.45, 7) is 8.81. The maximum atomic E-state index is 2.41. The highest BCUT2D eigenvalue weighted by atomic mass is 127. The van der Waals surface area contributed by atoms with Crippen molar-refractivity contribution in [2.45, 2.75) is 34.1 Å². The van der Waals surface area contributed by atoms with E-state index >= 15 is 0 Å². The molecular weight excluding hydrogens is 458 g/mol. The van der Waals surface area contributed by atoms with Gasteiger partial charge in [0.05, 0.1) is 0 Å². The van der Waals surface area contributed by atoms with E-state index in [0.717, 1.165) is 6.42 Å². The van der Waals surface area contributed by atoms with Gasteiger partial charge in [0.25, 0.3) is 0 Å². The summed E-state index contributed by atoms with van der Waals surface area (Å²) in [5, 5.41) is 0. The second-order valence-electron chi connectivity index (χ2n) is 5.23. The molecule has 0 aliphatic heterocycles. The van der Waals surface area contributed by atoms with E-state index < -0.39 is 0 Å². The van der Waals surface area contributed by atoms with Gasteiger partial charge in [-0.15, -0.1) is 0 Å². The quantitative estimate of drug-likeness (QED) is 0.487. The van der Waals surface area contributed by atoms with Crippen molar-refractivity contribution >= 4 is 45.2 Å². The zero-order valence-electron chi connectivity index (χ0n) is 11.8. The lowest BCUT2D eigenvalue weighted by atomic mass is 9.95. The molecule has 2 rings (SSSR count). The van der Waals surface area contributed by atoms with Crippen molar-refractivity contribution in [3.05, 3.63) is 64.8 Å². The Hall–Kier alpha value is -0.100. The largest absolute Gasteiger partial charge is 0.0544 e. The Morgan fingerprint density at radius 1 is 0.632 bits per heavy atom. The minimum absolute atomic E-state index is 1.03. The van der Waals surface area contributed by atoms with Crippen LogP contribution < -0.4 is 0 Å². The van der Waals surface area contributed by atoms with Gasteiger partial charge in [0, 0.05) is 7.14 Å². The first-order chi connectivity index (χ1) is 8.88. The molecular formula is C17H18I2. The Morgan fingerprint density at radius 3 is 1.37 bits per heavy atom. The van der Waals surface area contributed by atoms with Gasteiger partial charge in [0.1, 0.15) is 0 Å². The van der Waals surface area contributed by atoms with Crippen molar-refractivity contribution < 1.29 is 0 Å². The smallest absolute Gasteiger partial charge is 0.0162 e. The van der Waals surface area contributed by atoms with Gasteiger partial charge < -0.3 is 0 Å². The summed E-state index contributed by atoms with van der Waals surface area (Å²) >= 11 is 4.83. The molecule has 0 saturated carbocycles. The first-order valence-corrected chi connectivity index (χ1v) is 8.55. The highest BCUT2D eigenvalue weighted by Gasteiger charge is 2.07. The van der Waals surface area contributed by atoms with Crippen LogP contribution in [0.2, 0.25) is 0 Å². The molecule has 0 aromatic heterocycles. The number of hydrogen-bond acceptors (Lipinski definition) is 0. The minimum Gasteiger partial charge on any atom is -0.0544 e. The molecule has 0 bridgehead atoms. The molecule has 0 atom stereocenters. The third-order valence-corrected chi connectivity index (χ3v) is 5.94. The summed E-state index contributed by atoms with van der Waals surface area (Å²) in [5.41, 5.74) is 8.43. The lowest BCUT2D eigenvalue weighted by Gasteiger charge is -2.13. The van der Waals surface area contributed by atoms with E-state index in [-0.39, 0.29) is 0 Å². The van der Waals surface area contributed by atoms with Crippen LogP contribution in [0.5, 0.6) is 0 Å². The van der Waals surface area contributed by atoms with Gasteiger partial charge in [-0.2, -0.15) is 0 Å². The first-order valence-electron chi connectivity index (χ1n) is 6.39. The maximum absolute atomic E-state index is 2.41. The molecule has 0 N–H and O–H groups in total. The Labute approximate surface area is 143 Å². The van der Waals surface area contributed by atoms with Crippen molar-refractivity contribution in [3.63, 3.8) is 0 Å². The normalized spacial score (nSPS) is 10.8. The second kappa shape index (κ2) is 6.12. The molecule has 0 amide bonds. The van der Waals surface area contributed by atoms with Crippen LogP contribution in [0.1, 0.15) is 33.4 Å². The zero-order chi connectivity index (χ0) is 14.2. The number of halogens is 2. The molecule has 0 heterocycles. The van der Waals surface area contributed by atoms with Gasteiger partial charge in [-0.1, -0.05) is 12.1 Å². The second-order valence-corrected chi connectivity index (χ2v) is 7.56. The molecule has 2 aromatic rings. The molecule has 0 radical (unpaired) electrons. The molecule has 19 heavy (non-hydrogen) atoms. The number of hydrogen-bond donors (Lipinski definition) is 0. The van der Waals surface area contributed by atoms with E-state index in [1.54, 1.807) is 0 Å². The summed E-state index contributed by atoms with van der Waals surface area (Å²) in [6.07, 6.45) is 1.03. The third-order valence-electron chi connectivity index (χ3n) is 3.62. The predicted molar refractivity (Wildman–Crippen MR) is 100 cm³/mol. The fraction of sp³-hybridized carbons (Fsp3) is 0.294. The van der Waals surface area contributed by atoms with Gasteiger partial charge in [-0.05, 0) is 125 Å². The first kappa shape index (κ1) is 15.3. The fourth-order valence-electron chi connectivity index (χ4n) is 2.27. The molecule has 2 heteroatoms. The lowest BCUT2D eigenvalue weighted by molar-refractivity contribution is 1.10. The molecule has 0 aliphatic carbocycles. The number of rotatable bonds is 2. The lowest BCUT2D eigenvalue weighted by Crippen LogP contribution is -1.98. The van der Waals surface area contributed by atoms with Crippen molar-refractivity contribution in [1.29, 1.82) is 0 Å². The molecule has 0 unspecified atom stereocenters. The monoisotopic (exact) mass is 476 g/mol. The molecule has 0 fully saturated rings. The Kier molecular flexibility index (Phi) is 4.93. The van der Waals surface area contributed by atoms with E-state index in [2.05, 4.69) is 97.1 Å². The summed E-state index contributed by atoms with van der Waals surface area (Å²) in [6, 6.07) is 9.26. The SMILES string of the molecule is Cc1cc(Cc2cc(C)c(I)cc2C)c(C)cc1I. The summed E-state index contributed by atoms with van der Waals surface area (Å²) in [7, 11) is 0. The standard InChI is InChI=1S/C17H18I2/c1-10-7-16(18)12(3)5-14(10)9-15-6-13(4)17(19)8-11(15)2/h5-8H,9H2,1-4H3. The van der Waals surface area contributed by atoms with Crippen molar-refractivity contribution in [1.82, 2.24) is 0 Å². The molecule has 100 valence electrons. The van der Waals surface area contributed by atoms with Crippen LogP contribution in [0.15, 0.2) is 24.3 Å². The summed E-state index contributed by atoms with van der Waals surface area (Å²) < 4.78 is 2.71. The topological polar surface area (TPSA) is 0 Å². The zero-order valence-corrected chi connectivity index (χ0v) is 16.1. The highest BCUT2D eigenvalue weighted by molar-refractivity contribution is 14.1. The van der Waals surface area contributed by atoms with Crippen LogP contribution in [0.3, 0.4) is 0 Å². The average Bonchev–Trinajstić information content (AvgIpc) is 2.32. The Bertz CT molecular complexity index is 572. The Balaban J connectivity index is 2.42. The van der Waals surface area contributed by atoms with Gasteiger partial charge in [0.15, 0.2) is 0 Å². The van der Waals surface area contributed by atoms with Crippen LogP contribution in [0, 0.1) is 34.8 Å². The summed E-state index contributed by atoms with van der Waals surface area (Å²) in [5.74, 6) is 0. The van der Waals surface area contributed by atoms with Crippen LogP contribution in [-0.4, -0.2) is 0 Å². The van der Waals surface area contributed by atoms with E-state index in [4.69, 9.17) is 0 Å². The van der Waals surface area contributed by atoms with Crippen molar-refractivity contribution in [2.24, 2.45) is 0 Å². The highest BCUT2D eigenvalue weighted by Crippen LogP contribution is 2.24. The van der Waals surface area contributed by atoms with Crippen molar-refractivity contribution in [3.8, 4) is 0 Å². The molecule has 2 aromatic carbocycles.